The molecule has 0 heterocycles. The molecule has 0 aliphatic rings. The zero-order valence-corrected chi connectivity index (χ0v) is 10.5. The fourth-order valence-corrected chi connectivity index (χ4v) is 1.31. The van der Waals surface area contributed by atoms with E-state index in [9.17, 15) is 5.11 Å². The summed E-state index contributed by atoms with van der Waals surface area (Å²) in [6.07, 6.45) is 4.34. The van der Waals surface area contributed by atoms with E-state index in [1.54, 1.807) is 0 Å². The van der Waals surface area contributed by atoms with E-state index in [-0.39, 0.29) is 6.23 Å². The summed E-state index contributed by atoms with van der Waals surface area (Å²) in [6.45, 7) is 7.06. The van der Waals surface area contributed by atoms with Gasteiger partial charge in [-0.05, 0) is 32.7 Å². The molecule has 90 valence electrons. The van der Waals surface area contributed by atoms with Crippen molar-refractivity contribution in [2.24, 2.45) is 11.7 Å². The molecule has 0 fully saturated rings. The number of allylic oxidation sites excluding steroid dienone is 1. The summed E-state index contributed by atoms with van der Waals surface area (Å²) < 4.78 is 0. The number of aliphatic hydroxyl groups is 1. The summed E-state index contributed by atoms with van der Waals surface area (Å²) in [5.74, 6) is 0.571. The van der Waals surface area contributed by atoms with Crippen LogP contribution in [0, 0.1) is 5.92 Å². The number of nitrogens with zero attached hydrogens (tertiary/aromatic N) is 1. The van der Waals surface area contributed by atoms with E-state index < -0.39 is 0 Å². The summed E-state index contributed by atoms with van der Waals surface area (Å²) in [5.41, 5.74) is 6.59. The first kappa shape index (κ1) is 14.5. The second-order valence-electron chi connectivity index (χ2n) is 4.32. The summed E-state index contributed by atoms with van der Waals surface area (Å²) >= 11 is 0. The molecule has 3 nitrogen and oxygen atoms in total. The predicted octanol–water partition coefficient (Wildman–Crippen LogP) is 1.93. The van der Waals surface area contributed by atoms with Gasteiger partial charge >= 0.3 is 0 Å². The molecule has 2 atom stereocenters. The molecule has 0 saturated carbocycles. The molecular weight excluding hydrogens is 188 g/mol. The normalized spacial score (nSPS) is 16.8. The van der Waals surface area contributed by atoms with Gasteiger partial charge < -0.3 is 10.8 Å². The third-order valence-electron chi connectivity index (χ3n) is 2.94. The van der Waals surface area contributed by atoms with Gasteiger partial charge in [-0.1, -0.05) is 26.3 Å². The molecule has 0 rings (SSSR count). The van der Waals surface area contributed by atoms with Crippen LogP contribution in [0.25, 0.3) is 0 Å². The second kappa shape index (κ2) is 7.71. The average Bonchev–Trinajstić information content (AvgIpc) is 2.24. The van der Waals surface area contributed by atoms with Crippen LogP contribution in [-0.2, 0) is 0 Å². The van der Waals surface area contributed by atoms with Gasteiger partial charge in [-0.3, -0.25) is 4.90 Å². The lowest BCUT2D eigenvalue weighted by molar-refractivity contribution is 0.00520. The van der Waals surface area contributed by atoms with Gasteiger partial charge in [0, 0.05) is 12.2 Å². The predicted molar refractivity (Wildman–Crippen MR) is 65.3 cm³/mol. The van der Waals surface area contributed by atoms with Crippen LogP contribution in [0.2, 0.25) is 0 Å². The van der Waals surface area contributed by atoms with Crippen LogP contribution < -0.4 is 5.73 Å². The highest BCUT2D eigenvalue weighted by Crippen LogP contribution is 2.12. The van der Waals surface area contributed by atoms with Crippen molar-refractivity contribution in [3.63, 3.8) is 0 Å². The lowest BCUT2D eigenvalue weighted by Crippen LogP contribution is -2.34. The van der Waals surface area contributed by atoms with Crippen LogP contribution in [0.5, 0.6) is 0 Å². The fraction of sp³-hybridized carbons (Fsp3) is 0.833. The van der Waals surface area contributed by atoms with Gasteiger partial charge in [0.15, 0.2) is 0 Å². The molecule has 3 N–H and O–H groups in total. The molecule has 0 saturated heterocycles. The Morgan fingerprint density at radius 3 is 2.60 bits per heavy atom. The second-order valence-corrected chi connectivity index (χ2v) is 4.32. The summed E-state index contributed by atoms with van der Waals surface area (Å²) in [5, 5.41) is 9.87. The van der Waals surface area contributed by atoms with Crippen LogP contribution in [0.15, 0.2) is 11.8 Å². The Labute approximate surface area is 94.0 Å². The van der Waals surface area contributed by atoms with E-state index in [0.29, 0.717) is 5.92 Å². The van der Waals surface area contributed by atoms with Gasteiger partial charge in [-0.25, -0.2) is 0 Å². The Morgan fingerprint density at radius 1 is 1.53 bits per heavy atom. The molecule has 3 heteroatoms. The molecule has 0 spiro atoms. The van der Waals surface area contributed by atoms with Crippen molar-refractivity contribution in [2.75, 3.05) is 13.6 Å². The molecular formula is C12H26N2O. The number of rotatable bonds is 7. The molecule has 15 heavy (non-hydrogen) atoms. The van der Waals surface area contributed by atoms with Crippen molar-refractivity contribution in [3.05, 3.63) is 11.8 Å². The maximum Gasteiger partial charge on any atom is 0.107 e. The monoisotopic (exact) mass is 214 g/mol. The van der Waals surface area contributed by atoms with E-state index in [0.717, 1.165) is 31.5 Å². The van der Waals surface area contributed by atoms with Crippen molar-refractivity contribution >= 4 is 0 Å². The fourth-order valence-electron chi connectivity index (χ4n) is 1.31. The van der Waals surface area contributed by atoms with Crippen molar-refractivity contribution in [1.82, 2.24) is 4.90 Å². The van der Waals surface area contributed by atoms with E-state index in [1.165, 1.54) is 0 Å². The smallest absolute Gasteiger partial charge is 0.107 e. The molecule has 0 radical (unpaired) electrons. The van der Waals surface area contributed by atoms with Gasteiger partial charge in [0.25, 0.3) is 0 Å². The lowest BCUT2D eigenvalue weighted by Gasteiger charge is -2.25. The zero-order chi connectivity index (χ0) is 11.8. The molecule has 0 aromatic heterocycles. The first-order chi connectivity index (χ1) is 7.01. The van der Waals surface area contributed by atoms with Crippen LogP contribution in [-0.4, -0.2) is 29.8 Å². The maximum atomic E-state index is 9.87. The average molecular weight is 214 g/mol. The molecule has 2 unspecified atom stereocenters. The Morgan fingerprint density at radius 2 is 2.13 bits per heavy atom. The molecule has 0 amide bonds. The minimum absolute atomic E-state index is 0.343. The van der Waals surface area contributed by atoms with Gasteiger partial charge in [0.1, 0.15) is 6.23 Å². The lowest BCUT2D eigenvalue weighted by atomic mass is 10.0. The van der Waals surface area contributed by atoms with Crippen molar-refractivity contribution in [1.29, 1.82) is 0 Å². The SMILES string of the molecule is C/C=C(/N)CCN(C)C(O)CC(C)CC. The van der Waals surface area contributed by atoms with E-state index in [2.05, 4.69) is 13.8 Å². The summed E-state index contributed by atoms with van der Waals surface area (Å²) in [7, 11) is 1.94. The van der Waals surface area contributed by atoms with Gasteiger partial charge in [0.05, 0.1) is 0 Å². The van der Waals surface area contributed by atoms with Crippen LogP contribution in [0.3, 0.4) is 0 Å². The highest BCUT2D eigenvalue weighted by Gasteiger charge is 2.13. The summed E-state index contributed by atoms with van der Waals surface area (Å²) in [4.78, 5) is 1.96. The largest absolute Gasteiger partial charge is 0.402 e. The Bertz CT molecular complexity index is 192. The maximum absolute atomic E-state index is 9.87. The molecule has 0 bridgehead atoms. The highest BCUT2D eigenvalue weighted by atomic mass is 16.3. The number of hydrogen-bond acceptors (Lipinski definition) is 3. The van der Waals surface area contributed by atoms with Crippen LogP contribution >= 0.6 is 0 Å². The van der Waals surface area contributed by atoms with Crippen LogP contribution in [0.4, 0.5) is 0 Å². The number of aliphatic hydroxyl groups excluding tert-OH is 1. The topological polar surface area (TPSA) is 49.5 Å². The Kier molecular flexibility index (Phi) is 7.44. The molecule has 0 aliphatic carbocycles. The van der Waals surface area contributed by atoms with Crippen molar-refractivity contribution in [2.45, 2.75) is 46.3 Å². The van der Waals surface area contributed by atoms with E-state index in [1.807, 2.05) is 24.9 Å². The minimum Gasteiger partial charge on any atom is -0.402 e. The van der Waals surface area contributed by atoms with Gasteiger partial charge in [0.2, 0.25) is 0 Å². The van der Waals surface area contributed by atoms with Crippen molar-refractivity contribution in [3.8, 4) is 0 Å². The molecule has 0 aliphatic heterocycles. The highest BCUT2D eigenvalue weighted by molar-refractivity contribution is 4.94. The minimum atomic E-state index is -0.343. The first-order valence-corrected chi connectivity index (χ1v) is 5.80. The Hall–Kier alpha value is -0.540. The quantitative estimate of drug-likeness (QED) is 0.637. The standard InChI is InChI=1S/C12H26N2O/c1-5-10(3)9-12(15)14(4)8-7-11(13)6-2/h6,10,12,15H,5,7-9,13H2,1-4H3/b11-6+. The third-order valence-corrected chi connectivity index (χ3v) is 2.94. The zero-order valence-electron chi connectivity index (χ0n) is 10.5. The number of hydrogen-bond donors (Lipinski definition) is 2. The van der Waals surface area contributed by atoms with Gasteiger partial charge in [-0.15, -0.1) is 0 Å². The number of nitrogens with two attached hydrogens (primary N) is 1. The molecule has 0 aromatic rings. The van der Waals surface area contributed by atoms with Gasteiger partial charge in [-0.2, -0.15) is 0 Å². The van der Waals surface area contributed by atoms with Crippen LogP contribution in [0.1, 0.15) is 40.0 Å². The van der Waals surface area contributed by atoms with E-state index in [4.69, 9.17) is 5.73 Å². The van der Waals surface area contributed by atoms with E-state index >= 15 is 0 Å². The van der Waals surface area contributed by atoms with Crippen molar-refractivity contribution < 1.29 is 5.11 Å². The Balaban J connectivity index is 3.83. The summed E-state index contributed by atoms with van der Waals surface area (Å²) in [6, 6.07) is 0. The third kappa shape index (κ3) is 6.52. The molecule has 0 aromatic carbocycles. The first-order valence-electron chi connectivity index (χ1n) is 5.80.